The summed E-state index contributed by atoms with van der Waals surface area (Å²) in [6.07, 6.45) is 0.792. The minimum absolute atomic E-state index is 0.0582. The number of benzene rings is 1. The summed E-state index contributed by atoms with van der Waals surface area (Å²) in [4.78, 5) is 0. The molecular formula is C13H16BrF2N. The summed E-state index contributed by atoms with van der Waals surface area (Å²) in [5, 5.41) is 3.13. The first-order valence-electron chi connectivity index (χ1n) is 5.84. The van der Waals surface area contributed by atoms with Crippen LogP contribution in [-0.4, -0.2) is 13.1 Å². The molecule has 1 N–H and O–H groups in total. The zero-order valence-electron chi connectivity index (χ0n) is 9.77. The zero-order chi connectivity index (χ0) is 12.5. The maximum absolute atomic E-state index is 14.2. The van der Waals surface area contributed by atoms with Gasteiger partial charge in [0.05, 0.1) is 0 Å². The highest BCUT2D eigenvalue weighted by Gasteiger charge is 2.36. The lowest BCUT2D eigenvalue weighted by Crippen LogP contribution is -2.21. The predicted molar refractivity (Wildman–Crippen MR) is 68.4 cm³/mol. The molecule has 1 nitrogen and oxygen atoms in total. The third-order valence-electron chi connectivity index (χ3n) is 3.30. The van der Waals surface area contributed by atoms with Crippen LogP contribution in [0, 0.1) is 12.8 Å². The Balaban J connectivity index is 2.20. The maximum atomic E-state index is 14.2. The molecule has 0 radical (unpaired) electrons. The molecule has 1 aromatic carbocycles. The molecule has 0 saturated carbocycles. The molecule has 1 fully saturated rings. The van der Waals surface area contributed by atoms with Crippen molar-refractivity contribution in [1.82, 2.24) is 5.32 Å². The molecule has 0 spiro atoms. The van der Waals surface area contributed by atoms with E-state index in [2.05, 4.69) is 21.2 Å². The van der Waals surface area contributed by atoms with Crippen LogP contribution in [0.3, 0.4) is 0 Å². The number of nitrogens with one attached hydrogen (secondary N) is 1. The minimum atomic E-state index is -2.73. The molecule has 1 aliphatic rings. The van der Waals surface area contributed by atoms with Gasteiger partial charge in [0.2, 0.25) is 0 Å². The van der Waals surface area contributed by atoms with Crippen LogP contribution in [0.15, 0.2) is 22.7 Å². The molecule has 1 aliphatic heterocycles. The molecule has 1 atom stereocenters. The van der Waals surface area contributed by atoms with Crippen molar-refractivity contribution in [3.05, 3.63) is 33.8 Å². The van der Waals surface area contributed by atoms with Gasteiger partial charge in [-0.15, -0.1) is 0 Å². The highest BCUT2D eigenvalue weighted by atomic mass is 79.9. The second kappa shape index (κ2) is 5.02. The van der Waals surface area contributed by atoms with Gasteiger partial charge in [0.25, 0.3) is 5.92 Å². The molecule has 94 valence electrons. The number of hydrogen-bond donors (Lipinski definition) is 1. The molecule has 2 rings (SSSR count). The molecule has 1 saturated heterocycles. The van der Waals surface area contributed by atoms with E-state index in [9.17, 15) is 8.78 Å². The average molecular weight is 304 g/mol. The number of rotatable bonds is 3. The highest BCUT2D eigenvalue weighted by molar-refractivity contribution is 9.10. The molecule has 1 heterocycles. The van der Waals surface area contributed by atoms with E-state index in [1.54, 1.807) is 19.1 Å². The third kappa shape index (κ3) is 3.05. The minimum Gasteiger partial charge on any atom is -0.316 e. The first-order chi connectivity index (χ1) is 7.99. The fourth-order valence-corrected chi connectivity index (χ4v) is 2.71. The van der Waals surface area contributed by atoms with Crippen molar-refractivity contribution in [2.24, 2.45) is 5.92 Å². The zero-order valence-corrected chi connectivity index (χ0v) is 11.4. The SMILES string of the molecule is Cc1ccc(Br)cc1C(F)(F)CC1CCNC1. The van der Waals surface area contributed by atoms with Gasteiger partial charge in [0, 0.05) is 16.5 Å². The Kier molecular flexibility index (Phi) is 3.83. The Hall–Kier alpha value is -0.480. The molecule has 0 amide bonds. The summed E-state index contributed by atoms with van der Waals surface area (Å²) in [7, 11) is 0. The second-order valence-corrected chi connectivity index (χ2v) is 5.64. The smallest absolute Gasteiger partial charge is 0.273 e. The lowest BCUT2D eigenvalue weighted by atomic mass is 9.93. The summed E-state index contributed by atoms with van der Waals surface area (Å²) in [5.41, 5.74) is 0.808. The van der Waals surface area contributed by atoms with E-state index >= 15 is 0 Å². The standard InChI is InChI=1S/C13H16BrF2N/c1-9-2-3-11(14)6-12(9)13(15,16)7-10-4-5-17-8-10/h2-3,6,10,17H,4-5,7-8H2,1H3. The third-order valence-corrected chi connectivity index (χ3v) is 3.79. The van der Waals surface area contributed by atoms with E-state index in [0.717, 1.165) is 13.0 Å². The van der Waals surface area contributed by atoms with Crippen molar-refractivity contribution in [3.63, 3.8) is 0 Å². The molecule has 4 heteroatoms. The van der Waals surface area contributed by atoms with Gasteiger partial charge in [-0.2, -0.15) is 0 Å². The molecule has 17 heavy (non-hydrogen) atoms. The van der Waals surface area contributed by atoms with Crippen molar-refractivity contribution in [3.8, 4) is 0 Å². The Bertz CT molecular complexity index is 400. The lowest BCUT2D eigenvalue weighted by molar-refractivity contribution is -0.0274. The van der Waals surface area contributed by atoms with Crippen molar-refractivity contribution >= 4 is 15.9 Å². The van der Waals surface area contributed by atoms with Gasteiger partial charge in [0.15, 0.2) is 0 Å². The van der Waals surface area contributed by atoms with E-state index in [4.69, 9.17) is 0 Å². The Morgan fingerprint density at radius 2 is 2.24 bits per heavy atom. The molecule has 0 aromatic heterocycles. The van der Waals surface area contributed by atoms with Crippen LogP contribution in [0.25, 0.3) is 0 Å². The first-order valence-corrected chi connectivity index (χ1v) is 6.63. The van der Waals surface area contributed by atoms with Gasteiger partial charge in [-0.05, 0) is 50.0 Å². The number of halogens is 3. The van der Waals surface area contributed by atoms with Gasteiger partial charge < -0.3 is 5.32 Å². The number of hydrogen-bond acceptors (Lipinski definition) is 1. The monoisotopic (exact) mass is 303 g/mol. The van der Waals surface area contributed by atoms with Crippen LogP contribution in [0.4, 0.5) is 8.78 Å². The highest BCUT2D eigenvalue weighted by Crippen LogP contribution is 2.38. The van der Waals surface area contributed by atoms with Crippen LogP contribution in [-0.2, 0) is 5.92 Å². The summed E-state index contributed by atoms with van der Waals surface area (Å²) < 4.78 is 29.1. The van der Waals surface area contributed by atoms with E-state index in [-0.39, 0.29) is 17.9 Å². The average Bonchev–Trinajstić information content (AvgIpc) is 2.73. The maximum Gasteiger partial charge on any atom is 0.273 e. The largest absolute Gasteiger partial charge is 0.316 e. The first kappa shape index (κ1) is 13.0. The normalized spacial score (nSPS) is 20.8. The summed E-state index contributed by atoms with van der Waals surface area (Å²) in [6.45, 7) is 3.31. The molecule has 0 aliphatic carbocycles. The van der Waals surface area contributed by atoms with Gasteiger partial charge in [-0.25, -0.2) is 8.78 Å². The summed E-state index contributed by atoms with van der Waals surface area (Å²) in [5.74, 6) is -2.65. The Labute approximate surface area is 109 Å². The van der Waals surface area contributed by atoms with Gasteiger partial charge in [-0.1, -0.05) is 22.0 Å². The van der Waals surface area contributed by atoms with E-state index in [1.165, 1.54) is 6.07 Å². The summed E-state index contributed by atoms with van der Waals surface area (Å²) >= 11 is 3.26. The second-order valence-electron chi connectivity index (χ2n) is 4.73. The van der Waals surface area contributed by atoms with E-state index in [0.29, 0.717) is 16.6 Å². The van der Waals surface area contributed by atoms with Gasteiger partial charge in [0.1, 0.15) is 0 Å². The van der Waals surface area contributed by atoms with Crippen molar-refractivity contribution < 1.29 is 8.78 Å². The molecular weight excluding hydrogens is 288 g/mol. The molecule has 1 unspecified atom stereocenters. The number of aryl methyl sites for hydroxylation is 1. The Morgan fingerprint density at radius 1 is 1.47 bits per heavy atom. The van der Waals surface area contributed by atoms with Gasteiger partial charge in [-0.3, -0.25) is 0 Å². The Morgan fingerprint density at radius 3 is 2.88 bits per heavy atom. The molecule has 0 bridgehead atoms. The van der Waals surface area contributed by atoms with Gasteiger partial charge >= 0.3 is 0 Å². The van der Waals surface area contributed by atoms with E-state index < -0.39 is 5.92 Å². The number of alkyl halides is 2. The fraction of sp³-hybridized carbons (Fsp3) is 0.538. The predicted octanol–water partition coefficient (Wildman–Crippen LogP) is 3.85. The van der Waals surface area contributed by atoms with Crippen LogP contribution in [0.1, 0.15) is 24.0 Å². The van der Waals surface area contributed by atoms with Crippen LogP contribution < -0.4 is 5.32 Å². The lowest BCUT2D eigenvalue weighted by Gasteiger charge is -2.22. The quantitative estimate of drug-likeness (QED) is 0.894. The molecule has 1 aromatic rings. The van der Waals surface area contributed by atoms with Crippen LogP contribution in [0.2, 0.25) is 0 Å². The van der Waals surface area contributed by atoms with Crippen LogP contribution >= 0.6 is 15.9 Å². The topological polar surface area (TPSA) is 12.0 Å². The van der Waals surface area contributed by atoms with Crippen molar-refractivity contribution in [2.75, 3.05) is 13.1 Å². The fourth-order valence-electron chi connectivity index (χ4n) is 2.35. The van der Waals surface area contributed by atoms with E-state index in [1.807, 2.05) is 0 Å². The summed E-state index contributed by atoms with van der Waals surface area (Å²) in [6, 6.07) is 5.07. The van der Waals surface area contributed by atoms with Crippen LogP contribution in [0.5, 0.6) is 0 Å². The van der Waals surface area contributed by atoms with Crippen molar-refractivity contribution in [1.29, 1.82) is 0 Å². The van der Waals surface area contributed by atoms with Crippen molar-refractivity contribution in [2.45, 2.75) is 25.7 Å².